The molecule has 0 aromatic heterocycles. The van der Waals surface area contributed by atoms with Crippen LogP contribution in [0.2, 0.25) is 0 Å². The number of anilines is 1. The Hall–Kier alpha value is -1.13. The zero-order chi connectivity index (χ0) is 15.1. The van der Waals surface area contributed by atoms with E-state index < -0.39 is 0 Å². The van der Waals surface area contributed by atoms with Gasteiger partial charge in [0.25, 0.3) is 0 Å². The van der Waals surface area contributed by atoms with Gasteiger partial charge in [-0.15, -0.1) is 0 Å². The summed E-state index contributed by atoms with van der Waals surface area (Å²) in [6.07, 6.45) is 3.88. The van der Waals surface area contributed by atoms with Crippen LogP contribution >= 0.6 is 12.2 Å². The Bertz CT molecular complexity index is 461. The third kappa shape index (κ3) is 6.02. The zero-order valence-electron chi connectivity index (χ0n) is 13.2. The van der Waals surface area contributed by atoms with E-state index in [9.17, 15) is 0 Å². The van der Waals surface area contributed by atoms with E-state index in [1.54, 1.807) is 0 Å². The van der Waals surface area contributed by atoms with E-state index in [0.717, 1.165) is 24.6 Å². The maximum atomic E-state index is 5.33. The van der Waals surface area contributed by atoms with Gasteiger partial charge < -0.3 is 15.5 Å². The summed E-state index contributed by atoms with van der Waals surface area (Å²) in [5.74, 6) is 0.857. The van der Waals surface area contributed by atoms with Crippen LogP contribution in [0.4, 0.5) is 5.69 Å². The van der Waals surface area contributed by atoms with Gasteiger partial charge >= 0.3 is 0 Å². The van der Waals surface area contributed by atoms with Gasteiger partial charge in [-0.05, 0) is 75.1 Å². The molecular formula is C17H27N3S. The van der Waals surface area contributed by atoms with Gasteiger partial charge in [0.05, 0.1) is 0 Å². The number of likely N-dealkylation sites (tertiary alicyclic amines) is 1. The molecule has 1 atom stereocenters. The molecule has 0 radical (unpaired) electrons. The molecule has 0 amide bonds. The predicted molar refractivity (Wildman–Crippen MR) is 94.9 cm³/mol. The van der Waals surface area contributed by atoms with Crippen LogP contribution in [0.5, 0.6) is 0 Å². The number of aryl methyl sites for hydroxylation is 1. The fourth-order valence-corrected chi connectivity index (χ4v) is 3.11. The van der Waals surface area contributed by atoms with Crippen LogP contribution in [-0.2, 0) is 0 Å². The van der Waals surface area contributed by atoms with E-state index in [0.29, 0.717) is 5.11 Å². The summed E-state index contributed by atoms with van der Waals surface area (Å²) in [6, 6.07) is 8.26. The molecule has 4 heteroatoms. The molecule has 0 aliphatic carbocycles. The Labute approximate surface area is 134 Å². The molecule has 1 aliphatic rings. The van der Waals surface area contributed by atoms with Crippen molar-refractivity contribution in [3.8, 4) is 0 Å². The number of benzene rings is 1. The minimum atomic E-state index is 0.715. The maximum Gasteiger partial charge on any atom is 0.170 e. The number of hydrogen-bond acceptors (Lipinski definition) is 2. The Morgan fingerprint density at radius 2 is 2.29 bits per heavy atom. The maximum absolute atomic E-state index is 5.33. The first-order valence-corrected chi connectivity index (χ1v) is 8.38. The zero-order valence-corrected chi connectivity index (χ0v) is 14.0. The van der Waals surface area contributed by atoms with Crippen LogP contribution in [0, 0.1) is 12.8 Å². The first-order valence-electron chi connectivity index (χ1n) is 7.97. The normalized spacial score (nSPS) is 19.2. The van der Waals surface area contributed by atoms with E-state index >= 15 is 0 Å². The van der Waals surface area contributed by atoms with E-state index in [2.05, 4.69) is 41.5 Å². The molecule has 2 rings (SSSR count). The molecule has 2 N–H and O–H groups in total. The third-order valence-corrected chi connectivity index (χ3v) is 4.20. The molecule has 1 fully saturated rings. The van der Waals surface area contributed by atoms with Gasteiger partial charge in [-0.25, -0.2) is 0 Å². The number of hydrogen-bond donors (Lipinski definition) is 2. The Morgan fingerprint density at radius 1 is 1.43 bits per heavy atom. The van der Waals surface area contributed by atoms with Crippen molar-refractivity contribution in [1.82, 2.24) is 10.2 Å². The van der Waals surface area contributed by atoms with Crippen molar-refractivity contribution in [2.45, 2.75) is 33.1 Å². The molecule has 0 spiro atoms. The van der Waals surface area contributed by atoms with Crippen LogP contribution in [0.25, 0.3) is 0 Å². The van der Waals surface area contributed by atoms with Crippen LogP contribution in [-0.4, -0.2) is 36.2 Å². The van der Waals surface area contributed by atoms with Gasteiger partial charge in [-0.3, -0.25) is 0 Å². The van der Waals surface area contributed by atoms with Gasteiger partial charge in [-0.1, -0.05) is 19.1 Å². The quantitative estimate of drug-likeness (QED) is 0.644. The molecular weight excluding hydrogens is 278 g/mol. The van der Waals surface area contributed by atoms with Crippen molar-refractivity contribution in [2.75, 3.05) is 31.5 Å². The highest BCUT2D eigenvalue weighted by Crippen LogP contribution is 2.15. The Morgan fingerprint density at radius 3 is 3.05 bits per heavy atom. The van der Waals surface area contributed by atoms with Crippen LogP contribution < -0.4 is 10.6 Å². The smallest absolute Gasteiger partial charge is 0.170 e. The lowest BCUT2D eigenvalue weighted by Gasteiger charge is -2.30. The number of nitrogens with one attached hydrogen (secondary N) is 2. The monoisotopic (exact) mass is 305 g/mol. The van der Waals surface area contributed by atoms with Gasteiger partial charge in [0.1, 0.15) is 0 Å². The number of thiocarbonyl (C=S) groups is 1. The summed E-state index contributed by atoms with van der Waals surface area (Å²) in [5.41, 5.74) is 2.29. The van der Waals surface area contributed by atoms with Gasteiger partial charge in [0.2, 0.25) is 0 Å². The Balaban J connectivity index is 1.61. The minimum Gasteiger partial charge on any atom is -0.362 e. The molecule has 3 nitrogen and oxygen atoms in total. The molecule has 1 aromatic rings. The van der Waals surface area contributed by atoms with Gasteiger partial charge in [-0.2, -0.15) is 0 Å². The standard InChI is InChI=1S/C17H27N3S/c1-14-6-3-8-16(12-14)19-17(21)18-9-5-11-20-10-4-7-15(2)13-20/h3,6,8,12,15H,4-5,7,9-11,13H2,1-2H3,(H2,18,19,21)/t15-/m1/s1. The highest BCUT2D eigenvalue weighted by molar-refractivity contribution is 7.80. The molecule has 1 aliphatic heterocycles. The molecule has 116 valence electrons. The average molecular weight is 305 g/mol. The number of rotatable bonds is 5. The lowest BCUT2D eigenvalue weighted by Crippen LogP contribution is -2.37. The van der Waals surface area contributed by atoms with Gasteiger partial charge in [0.15, 0.2) is 5.11 Å². The highest BCUT2D eigenvalue weighted by Gasteiger charge is 2.15. The average Bonchev–Trinajstić information content (AvgIpc) is 2.44. The molecule has 1 saturated heterocycles. The van der Waals surface area contributed by atoms with E-state index in [-0.39, 0.29) is 0 Å². The van der Waals surface area contributed by atoms with Gasteiger partial charge in [0, 0.05) is 18.8 Å². The fraction of sp³-hybridized carbons (Fsp3) is 0.588. The van der Waals surface area contributed by atoms with E-state index in [4.69, 9.17) is 12.2 Å². The topological polar surface area (TPSA) is 27.3 Å². The number of nitrogens with zero attached hydrogens (tertiary/aromatic N) is 1. The summed E-state index contributed by atoms with van der Waals surface area (Å²) < 4.78 is 0. The van der Waals surface area contributed by atoms with Crippen molar-refractivity contribution < 1.29 is 0 Å². The second-order valence-corrected chi connectivity index (χ2v) is 6.56. The lowest BCUT2D eigenvalue weighted by molar-refractivity contribution is 0.182. The van der Waals surface area contributed by atoms with Crippen molar-refractivity contribution >= 4 is 23.0 Å². The molecule has 1 heterocycles. The van der Waals surface area contributed by atoms with Crippen molar-refractivity contribution in [3.05, 3.63) is 29.8 Å². The van der Waals surface area contributed by atoms with Crippen LogP contribution in [0.3, 0.4) is 0 Å². The molecule has 1 aromatic carbocycles. The second-order valence-electron chi connectivity index (χ2n) is 6.15. The molecule has 0 saturated carbocycles. The van der Waals surface area contributed by atoms with E-state index in [1.807, 2.05) is 12.1 Å². The SMILES string of the molecule is Cc1cccc(NC(=S)NCCCN2CCC[C@@H](C)C2)c1. The minimum absolute atomic E-state index is 0.715. The fourth-order valence-electron chi connectivity index (χ4n) is 2.89. The summed E-state index contributed by atoms with van der Waals surface area (Å²) in [5, 5.41) is 7.25. The third-order valence-electron chi connectivity index (χ3n) is 3.95. The summed E-state index contributed by atoms with van der Waals surface area (Å²) >= 11 is 5.33. The number of piperidine rings is 1. The van der Waals surface area contributed by atoms with Crippen LogP contribution in [0.1, 0.15) is 31.7 Å². The van der Waals surface area contributed by atoms with E-state index in [1.165, 1.54) is 38.0 Å². The van der Waals surface area contributed by atoms with Crippen molar-refractivity contribution in [2.24, 2.45) is 5.92 Å². The predicted octanol–water partition coefficient (Wildman–Crippen LogP) is 3.40. The molecule has 0 unspecified atom stereocenters. The van der Waals surface area contributed by atoms with Crippen molar-refractivity contribution in [1.29, 1.82) is 0 Å². The van der Waals surface area contributed by atoms with Crippen LogP contribution in [0.15, 0.2) is 24.3 Å². The van der Waals surface area contributed by atoms with Crippen molar-refractivity contribution in [3.63, 3.8) is 0 Å². The molecule has 0 bridgehead atoms. The molecule has 21 heavy (non-hydrogen) atoms. The first kappa shape index (κ1) is 16.2. The summed E-state index contributed by atoms with van der Waals surface area (Å²) in [4.78, 5) is 2.58. The largest absolute Gasteiger partial charge is 0.362 e. The highest BCUT2D eigenvalue weighted by atomic mass is 32.1. The Kier molecular flexibility index (Phi) is 6.46. The lowest BCUT2D eigenvalue weighted by atomic mass is 10.0. The summed E-state index contributed by atoms with van der Waals surface area (Å²) in [7, 11) is 0. The second kappa shape index (κ2) is 8.35. The summed E-state index contributed by atoms with van der Waals surface area (Å²) in [6.45, 7) is 9.06. The first-order chi connectivity index (χ1) is 10.1.